The van der Waals surface area contributed by atoms with E-state index in [0.29, 0.717) is 18.0 Å². The van der Waals surface area contributed by atoms with E-state index in [0.717, 1.165) is 11.1 Å². The van der Waals surface area contributed by atoms with Crippen LogP contribution < -0.4 is 5.32 Å². The smallest absolute Gasteiger partial charge is 0.269 e. The number of nitrogens with zero attached hydrogens (tertiary/aromatic N) is 2. The molecule has 1 N–H and O–H groups in total. The monoisotopic (exact) mass is 301 g/mol. The van der Waals surface area contributed by atoms with Gasteiger partial charge in [-0.3, -0.25) is 4.79 Å². The van der Waals surface area contributed by atoms with Gasteiger partial charge < -0.3 is 14.7 Å². The van der Waals surface area contributed by atoms with E-state index in [9.17, 15) is 4.79 Å². The largest absolute Gasteiger partial charge is 0.382 e. The summed E-state index contributed by atoms with van der Waals surface area (Å²) in [7, 11) is 0. The van der Waals surface area contributed by atoms with Gasteiger partial charge in [0.25, 0.3) is 5.91 Å². The fourth-order valence-corrected chi connectivity index (χ4v) is 1.83. The van der Waals surface area contributed by atoms with Crippen molar-refractivity contribution >= 4 is 17.9 Å². The average Bonchev–Trinajstić information content (AvgIpc) is 2.90. The lowest BCUT2D eigenvalue weighted by Crippen LogP contribution is -2.28. The van der Waals surface area contributed by atoms with Crippen LogP contribution in [0.15, 0.2) is 40.0 Å². The van der Waals surface area contributed by atoms with Gasteiger partial charge in [0.1, 0.15) is 5.76 Å². The first-order valence-corrected chi connectivity index (χ1v) is 7.09. The molecule has 6 heteroatoms. The number of hydrogen-bond donors (Lipinski definition) is 1. The molecule has 1 aromatic carbocycles. The zero-order chi connectivity index (χ0) is 15.9. The number of aromatic nitrogens is 1. The summed E-state index contributed by atoms with van der Waals surface area (Å²) in [6, 6.07) is 9.43. The van der Waals surface area contributed by atoms with Crippen LogP contribution in [-0.4, -0.2) is 23.4 Å². The minimum absolute atomic E-state index is 0.308. The number of carbonyl (C=O) groups is 1. The van der Waals surface area contributed by atoms with E-state index in [-0.39, 0.29) is 5.91 Å². The maximum absolute atomic E-state index is 12.1. The van der Waals surface area contributed by atoms with Crippen molar-refractivity contribution < 1.29 is 14.2 Å². The average molecular weight is 301 g/mol. The quantitative estimate of drug-likeness (QED) is 0.657. The van der Waals surface area contributed by atoms with Crippen LogP contribution in [0.3, 0.4) is 0 Å². The molecule has 2 rings (SSSR count). The number of nitrogens with one attached hydrogen (secondary N) is 1. The number of aryl methyl sites for hydroxylation is 2. The van der Waals surface area contributed by atoms with Crippen LogP contribution in [0.4, 0.5) is 5.82 Å². The summed E-state index contributed by atoms with van der Waals surface area (Å²) in [6.45, 7) is 5.59. The fourth-order valence-electron chi connectivity index (χ4n) is 1.83. The number of oxime groups is 1. The minimum Gasteiger partial charge on any atom is -0.382 e. The van der Waals surface area contributed by atoms with Crippen molar-refractivity contribution in [1.29, 1.82) is 0 Å². The van der Waals surface area contributed by atoms with Gasteiger partial charge in [0.05, 0.1) is 6.21 Å². The molecule has 1 heterocycles. The van der Waals surface area contributed by atoms with E-state index in [1.54, 1.807) is 19.2 Å². The van der Waals surface area contributed by atoms with E-state index < -0.39 is 6.10 Å². The predicted octanol–water partition coefficient (Wildman–Crippen LogP) is 3.06. The normalized spacial score (nSPS) is 12.3. The Morgan fingerprint density at radius 2 is 2.23 bits per heavy atom. The molecule has 1 amide bonds. The number of amides is 1. The van der Waals surface area contributed by atoms with E-state index in [1.807, 2.05) is 38.1 Å². The first kappa shape index (κ1) is 15.8. The molecule has 22 heavy (non-hydrogen) atoms. The first-order chi connectivity index (χ1) is 10.6. The SMILES string of the molecule is CCC(O/N=C/c1ccccc1C)C(=O)Nc1cc(C)on1. The summed E-state index contributed by atoms with van der Waals surface area (Å²) in [5, 5.41) is 10.3. The molecule has 116 valence electrons. The van der Waals surface area contributed by atoms with Gasteiger partial charge in [-0.2, -0.15) is 0 Å². The van der Waals surface area contributed by atoms with Crippen molar-refractivity contribution in [3.05, 3.63) is 47.2 Å². The van der Waals surface area contributed by atoms with Crippen molar-refractivity contribution in [2.24, 2.45) is 5.16 Å². The second-order valence-corrected chi connectivity index (χ2v) is 4.91. The van der Waals surface area contributed by atoms with Crippen LogP contribution >= 0.6 is 0 Å². The van der Waals surface area contributed by atoms with E-state index in [2.05, 4.69) is 15.6 Å². The molecule has 1 aromatic heterocycles. The number of anilines is 1. The van der Waals surface area contributed by atoms with Crippen LogP contribution in [0.25, 0.3) is 0 Å². The Morgan fingerprint density at radius 1 is 1.45 bits per heavy atom. The second-order valence-electron chi connectivity index (χ2n) is 4.91. The molecule has 1 atom stereocenters. The van der Waals surface area contributed by atoms with Crippen molar-refractivity contribution in [3.63, 3.8) is 0 Å². The Hall–Kier alpha value is -2.63. The third-order valence-electron chi connectivity index (χ3n) is 3.11. The molecular formula is C16H19N3O3. The summed E-state index contributed by atoms with van der Waals surface area (Å²) in [6.07, 6.45) is 1.41. The van der Waals surface area contributed by atoms with Crippen LogP contribution in [0, 0.1) is 13.8 Å². The lowest BCUT2D eigenvalue weighted by molar-refractivity contribution is -0.127. The topological polar surface area (TPSA) is 76.7 Å². The molecule has 2 aromatic rings. The Kier molecular flexibility index (Phi) is 5.30. The van der Waals surface area contributed by atoms with Gasteiger partial charge in [-0.1, -0.05) is 41.5 Å². The molecule has 6 nitrogen and oxygen atoms in total. The molecule has 0 fully saturated rings. The summed E-state index contributed by atoms with van der Waals surface area (Å²) in [5.41, 5.74) is 2.04. The van der Waals surface area contributed by atoms with Crippen molar-refractivity contribution in [2.75, 3.05) is 5.32 Å². The molecule has 0 aliphatic heterocycles. The molecule has 0 aliphatic rings. The fraction of sp³-hybridized carbons (Fsp3) is 0.312. The van der Waals surface area contributed by atoms with Gasteiger partial charge in [0.2, 0.25) is 6.10 Å². The number of rotatable bonds is 6. The third kappa shape index (κ3) is 4.18. The van der Waals surface area contributed by atoms with Gasteiger partial charge >= 0.3 is 0 Å². The zero-order valence-electron chi connectivity index (χ0n) is 12.9. The molecule has 0 saturated heterocycles. The number of hydrogen-bond acceptors (Lipinski definition) is 5. The van der Waals surface area contributed by atoms with Gasteiger partial charge in [-0.05, 0) is 31.4 Å². The van der Waals surface area contributed by atoms with Crippen LogP contribution in [-0.2, 0) is 9.63 Å². The van der Waals surface area contributed by atoms with E-state index in [4.69, 9.17) is 9.36 Å². The Balaban J connectivity index is 1.94. The minimum atomic E-state index is -0.683. The highest BCUT2D eigenvalue weighted by molar-refractivity contribution is 5.93. The van der Waals surface area contributed by atoms with Crippen molar-refractivity contribution in [3.8, 4) is 0 Å². The van der Waals surface area contributed by atoms with Crippen molar-refractivity contribution in [2.45, 2.75) is 33.3 Å². The first-order valence-electron chi connectivity index (χ1n) is 7.09. The summed E-state index contributed by atoms with van der Waals surface area (Å²) < 4.78 is 4.90. The van der Waals surface area contributed by atoms with E-state index in [1.165, 1.54) is 0 Å². The molecule has 0 aliphatic carbocycles. The van der Waals surface area contributed by atoms with Crippen molar-refractivity contribution in [1.82, 2.24) is 5.16 Å². The second kappa shape index (κ2) is 7.40. The van der Waals surface area contributed by atoms with Crippen LogP contribution in [0.2, 0.25) is 0 Å². The van der Waals surface area contributed by atoms with Crippen LogP contribution in [0.5, 0.6) is 0 Å². The lowest BCUT2D eigenvalue weighted by Gasteiger charge is -2.11. The maximum Gasteiger partial charge on any atom is 0.269 e. The Labute approximate surface area is 129 Å². The van der Waals surface area contributed by atoms with Gasteiger partial charge in [0, 0.05) is 6.07 Å². The summed E-state index contributed by atoms with van der Waals surface area (Å²) in [5.74, 6) is 0.687. The zero-order valence-corrected chi connectivity index (χ0v) is 12.9. The highest BCUT2D eigenvalue weighted by Gasteiger charge is 2.19. The van der Waals surface area contributed by atoms with Gasteiger partial charge in [0.15, 0.2) is 5.82 Å². The lowest BCUT2D eigenvalue weighted by atomic mass is 10.1. The molecule has 1 unspecified atom stereocenters. The van der Waals surface area contributed by atoms with E-state index >= 15 is 0 Å². The molecule has 0 saturated carbocycles. The highest BCUT2D eigenvalue weighted by Crippen LogP contribution is 2.10. The number of carbonyl (C=O) groups excluding carboxylic acids is 1. The molecule has 0 bridgehead atoms. The summed E-state index contributed by atoms with van der Waals surface area (Å²) in [4.78, 5) is 17.4. The molecule has 0 spiro atoms. The maximum atomic E-state index is 12.1. The third-order valence-corrected chi connectivity index (χ3v) is 3.11. The van der Waals surface area contributed by atoms with Crippen LogP contribution in [0.1, 0.15) is 30.2 Å². The Bertz CT molecular complexity index is 664. The summed E-state index contributed by atoms with van der Waals surface area (Å²) >= 11 is 0. The standard InChI is InChI=1S/C16H19N3O3/c1-4-14(16(20)18-15-9-12(3)21-19-15)22-17-10-13-8-6-5-7-11(13)2/h5-10,14H,4H2,1-3H3,(H,18,19,20)/b17-10+. The number of benzene rings is 1. The predicted molar refractivity (Wildman–Crippen MR) is 83.8 cm³/mol. The van der Waals surface area contributed by atoms with Gasteiger partial charge in [-0.25, -0.2) is 0 Å². The highest BCUT2D eigenvalue weighted by atomic mass is 16.6. The van der Waals surface area contributed by atoms with Gasteiger partial charge in [-0.15, -0.1) is 0 Å². The molecule has 0 radical (unpaired) electrons. The molecular weight excluding hydrogens is 282 g/mol. The Morgan fingerprint density at radius 3 is 2.86 bits per heavy atom.